The van der Waals surface area contributed by atoms with Crippen molar-refractivity contribution >= 4 is 17.7 Å². The van der Waals surface area contributed by atoms with E-state index in [0.29, 0.717) is 0 Å². The average molecular weight is 426 g/mol. The third-order valence-corrected chi connectivity index (χ3v) is 4.66. The number of ether oxygens (including phenoxy) is 2. The lowest BCUT2D eigenvalue weighted by molar-refractivity contribution is -0.0494. The molecule has 0 saturated carbocycles. The minimum Gasteiger partial charge on any atom is -0.465 e. The molecule has 0 spiro atoms. The molecule has 1 fully saturated rings. The molecule has 3 rings (SSSR count). The van der Waals surface area contributed by atoms with Crippen molar-refractivity contribution in [3.8, 4) is 5.75 Å². The molecule has 6 nitrogen and oxygen atoms in total. The van der Waals surface area contributed by atoms with Gasteiger partial charge in [-0.15, -0.1) is 0 Å². The largest absolute Gasteiger partial charge is 0.465 e. The van der Waals surface area contributed by atoms with E-state index in [1.54, 1.807) is 0 Å². The lowest BCUT2D eigenvalue weighted by atomic mass is 9.92. The van der Waals surface area contributed by atoms with Crippen LogP contribution >= 0.6 is 0 Å². The van der Waals surface area contributed by atoms with E-state index in [-0.39, 0.29) is 42.2 Å². The monoisotopic (exact) mass is 426 g/mol. The molecule has 1 saturated heterocycles. The van der Waals surface area contributed by atoms with Crippen LogP contribution in [-0.2, 0) is 11.2 Å². The Morgan fingerprint density at radius 1 is 1.17 bits per heavy atom. The third kappa shape index (κ3) is 4.81. The summed E-state index contributed by atoms with van der Waals surface area (Å²) in [6, 6.07) is 6.60. The summed E-state index contributed by atoms with van der Waals surface area (Å²) >= 11 is 0. The zero-order valence-corrected chi connectivity index (χ0v) is 15.8. The molecule has 0 unspecified atom stereocenters. The smallest absolute Gasteiger partial charge is 0.387 e. The van der Waals surface area contributed by atoms with E-state index < -0.39 is 36.0 Å². The summed E-state index contributed by atoms with van der Waals surface area (Å²) < 4.78 is 61.8. The van der Waals surface area contributed by atoms with Crippen molar-refractivity contribution in [3.63, 3.8) is 0 Å². The van der Waals surface area contributed by atoms with Crippen LogP contribution in [-0.4, -0.2) is 43.7 Å². The molecule has 160 valence electrons. The molecule has 2 aromatic rings. The van der Waals surface area contributed by atoms with Crippen LogP contribution in [0.2, 0.25) is 0 Å². The van der Waals surface area contributed by atoms with Crippen molar-refractivity contribution in [2.24, 2.45) is 5.92 Å². The molecule has 0 atom stereocenters. The first-order valence-corrected chi connectivity index (χ1v) is 8.94. The van der Waals surface area contributed by atoms with Crippen LogP contribution in [0.25, 0.3) is 0 Å². The number of alkyl halides is 2. The molecule has 1 heterocycles. The molecule has 0 aromatic heterocycles. The van der Waals surface area contributed by atoms with Gasteiger partial charge in [-0.2, -0.15) is 8.78 Å². The Balaban J connectivity index is 1.63. The van der Waals surface area contributed by atoms with Gasteiger partial charge in [0, 0.05) is 18.7 Å². The first kappa shape index (κ1) is 21.4. The fourth-order valence-corrected chi connectivity index (χ4v) is 3.14. The topological polar surface area (TPSA) is 67.9 Å². The molecule has 30 heavy (non-hydrogen) atoms. The van der Waals surface area contributed by atoms with Crippen LogP contribution in [0.4, 0.5) is 28.0 Å². The van der Waals surface area contributed by atoms with Crippen molar-refractivity contribution in [2.45, 2.75) is 13.0 Å². The Morgan fingerprint density at radius 3 is 2.43 bits per heavy atom. The summed E-state index contributed by atoms with van der Waals surface area (Å²) in [5.74, 6) is -2.57. The van der Waals surface area contributed by atoms with Crippen LogP contribution in [0.15, 0.2) is 36.4 Å². The van der Waals surface area contributed by atoms with Crippen LogP contribution in [0.5, 0.6) is 5.75 Å². The number of benzene rings is 2. The van der Waals surface area contributed by atoms with Crippen molar-refractivity contribution in [1.29, 1.82) is 0 Å². The zero-order chi connectivity index (χ0) is 21.8. The number of esters is 1. The highest BCUT2D eigenvalue weighted by Crippen LogP contribution is 2.30. The van der Waals surface area contributed by atoms with Gasteiger partial charge in [-0.25, -0.2) is 18.4 Å². The lowest BCUT2D eigenvalue weighted by Crippen LogP contribution is -2.52. The minimum absolute atomic E-state index is 0.0259. The summed E-state index contributed by atoms with van der Waals surface area (Å²) in [6.45, 7) is -2.69. The van der Waals surface area contributed by atoms with Gasteiger partial charge in [0.25, 0.3) is 0 Å². The summed E-state index contributed by atoms with van der Waals surface area (Å²) in [4.78, 5) is 25.3. The molecule has 0 radical (unpaired) electrons. The number of likely N-dealkylation sites (tertiary alicyclic amines) is 1. The van der Waals surface area contributed by atoms with E-state index in [2.05, 4.69) is 14.8 Å². The summed E-state index contributed by atoms with van der Waals surface area (Å²) in [7, 11) is 1.14. The van der Waals surface area contributed by atoms with E-state index in [1.165, 1.54) is 35.2 Å². The molecular formula is C20H18F4N2O4. The van der Waals surface area contributed by atoms with E-state index in [9.17, 15) is 27.2 Å². The van der Waals surface area contributed by atoms with Gasteiger partial charge in [-0.05, 0) is 42.7 Å². The highest BCUT2D eigenvalue weighted by molar-refractivity contribution is 5.94. The highest BCUT2D eigenvalue weighted by atomic mass is 19.3. The molecule has 1 aliphatic rings. The van der Waals surface area contributed by atoms with Crippen LogP contribution in [0.3, 0.4) is 0 Å². The van der Waals surface area contributed by atoms with Crippen LogP contribution in [0.1, 0.15) is 15.9 Å². The normalized spacial score (nSPS) is 13.7. The molecular weight excluding hydrogens is 408 g/mol. The standard InChI is InChI=1S/C20H18F4N2O4/c1-29-18(27)12-5-6-16(17(8-12)30-19(23)24)25-20(28)26-9-11(10-26)7-13-14(21)3-2-4-15(13)22/h2-6,8,11,19H,7,9-10H2,1H3,(H,25,28). The first-order chi connectivity index (χ1) is 14.3. The summed E-state index contributed by atoms with van der Waals surface area (Å²) in [5, 5.41) is 2.44. The maximum atomic E-state index is 13.7. The SMILES string of the molecule is COC(=O)c1ccc(NC(=O)N2CC(Cc3c(F)cccc3F)C2)c(OC(F)F)c1. The molecule has 1 N–H and O–H groups in total. The maximum Gasteiger partial charge on any atom is 0.387 e. The fraction of sp³-hybridized carbons (Fsp3) is 0.300. The number of hydrogen-bond acceptors (Lipinski definition) is 4. The molecule has 0 aliphatic carbocycles. The third-order valence-electron chi connectivity index (χ3n) is 4.66. The van der Waals surface area contributed by atoms with Gasteiger partial charge in [0.05, 0.1) is 18.4 Å². The lowest BCUT2D eigenvalue weighted by Gasteiger charge is -2.39. The molecule has 10 heteroatoms. The van der Waals surface area contributed by atoms with Crippen LogP contribution in [0, 0.1) is 17.6 Å². The van der Waals surface area contributed by atoms with Gasteiger partial charge in [-0.1, -0.05) is 6.07 Å². The molecule has 0 bridgehead atoms. The van der Waals surface area contributed by atoms with Gasteiger partial charge in [-0.3, -0.25) is 0 Å². The Hall–Kier alpha value is -3.30. The van der Waals surface area contributed by atoms with Crippen molar-refractivity contribution in [2.75, 3.05) is 25.5 Å². The summed E-state index contributed by atoms with van der Waals surface area (Å²) in [5.41, 5.74) is -0.118. The maximum absolute atomic E-state index is 13.7. The Bertz CT molecular complexity index is 928. The second kappa shape index (κ2) is 9.02. The molecule has 1 aliphatic heterocycles. The van der Waals surface area contributed by atoms with Gasteiger partial charge < -0.3 is 19.7 Å². The Kier molecular flexibility index (Phi) is 6.43. The number of halogens is 4. The van der Waals surface area contributed by atoms with E-state index in [0.717, 1.165) is 13.2 Å². The van der Waals surface area contributed by atoms with E-state index in [1.807, 2.05) is 0 Å². The number of nitrogens with zero attached hydrogens (tertiary/aromatic N) is 1. The minimum atomic E-state index is -3.17. The van der Waals surface area contributed by atoms with Gasteiger partial charge in [0.15, 0.2) is 5.75 Å². The van der Waals surface area contributed by atoms with Crippen molar-refractivity contribution in [1.82, 2.24) is 4.90 Å². The predicted molar refractivity (Wildman–Crippen MR) is 98.6 cm³/mol. The van der Waals surface area contributed by atoms with E-state index >= 15 is 0 Å². The van der Waals surface area contributed by atoms with Crippen molar-refractivity contribution in [3.05, 3.63) is 59.2 Å². The van der Waals surface area contributed by atoms with Crippen molar-refractivity contribution < 1.29 is 36.6 Å². The number of carbonyl (C=O) groups is 2. The number of methoxy groups -OCH3 is 1. The number of hydrogen-bond donors (Lipinski definition) is 1. The quantitative estimate of drug-likeness (QED) is 0.559. The average Bonchev–Trinajstić information content (AvgIpc) is 2.66. The second-order valence-electron chi connectivity index (χ2n) is 6.69. The number of carbonyl (C=O) groups excluding carboxylic acids is 2. The predicted octanol–water partition coefficient (Wildman–Crippen LogP) is 4.06. The van der Waals surface area contributed by atoms with Gasteiger partial charge >= 0.3 is 18.6 Å². The van der Waals surface area contributed by atoms with Gasteiger partial charge in [0.2, 0.25) is 0 Å². The highest BCUT2D eigenvalue weighted by Gasteiger charge is 2.32. The Labute approximate surface area is 169 Å². The zero-order valence-electron chi connectivity index (χ0n) is 15.8. The van der Waals surface area contributed by atoms with Crippen LogP contribution < -0.4 is 10.1 Å². The number of urea groups is 1. The summed E-state index contributed by atoms with van der Waals surface area (Å²) in [6.07, 6.45) is 0.135. The molecule has 2 amide bonds. The van der Waals surface area contributed by atoms with E-state index in [4.69, 9.17) is 0 Å². The number of anilines is 1. The number of amides is 2. The Morgan fingerprint density at radius 2 is 1.83 bits per heavy atom. The number of nitrogens with one attached hydrogen (secondary N) is 1. The number of rotatable bonds is 6. The van der Waals surface area contributed by atoms with Gasteiger partial charge in [0.1, 0.15) is 11.6 Å². The fourth-order valence-electron chi connectivity index (χ4n) is 3.14. The first-order valence-electron chi connectivity index (χ1n) is 8.94. The second-order valence-corrected chi connectivity index (χ2v) is 6.69. The molecule has 2 aromatic carbocycles.